The van der Waals surface area contributed by atoms with Gasteiger partial charge in [-0.3, -0.25) is 14.5 Å². The highest BCUT2D eigenvalue weighted by Gasteiger charge is 2.32. The Morgan fingerprint density at radius 3 is 2.62 bits per heavy atom. The van der Waals surface area contributed by atoms with Crippen LogP contribution in [0.4, 0.5) is 0 Å². The molecule has 0 aliphatic carbocycles. The number of piperazine rings is 1. The van der Waals surface area contributed by atoms with Crippen LogP contribution in [0.1, 0.15) is 22.0 Å². The predicted molar refractivity (Wildman–Crippen MR) is 91.1 cm³/mol. The first-order valence-corrected chi connectivity index (χ1v) is 7.93. The number of ether oxygens (including phenoxy) is 1. The SMILES string of the molecule is COc1ccccc1C(=O)CN1CCNC(=O)C1c1ccccc1. The Morgan fingerprint density at radius 2 is 1.88 bits per heavy atom. The van der Waals surface area contributed by atoms with Gasteiger partial charge in [-0.1, -0.05) is 42.5 Å². The van der Waals surface area contributed by atoms with Crippen molar-refractivity contribution in [1.29, 1.82) is 0 Å². The van der Waals surface area contributed by atoms with E-state index < -0.39 is 6.04 Å². The number of benzene rings is 2. The van der Waals surface area contributed by atoms with Gasteiger partial charge in [0.2, 0.25) is 5.91 Å². The van der Waals surface area contributed by atoms with Crippen molar-refractivity contribution in [1.82, 2.24) is 10.2 Å². The van der Waals surface area contributed by atoms with E-state index in [9.17, 15) is 9.59 Å². The molecule has 1 amide bonds. The number of carbonyl (C=O) groups excluding carboxylic acids is 2. The molecule has 24 heavy (non-hydrogen) atoms. The lowest BCUT2D eigenvalue weighted by Gasteiger charge is -2.34. The number of rotatable bonds is 5. The number of Topliss-reactive ketones (excluding diaryl/α,β-unsaturated/α-hetero) is 1. The van der Waals surface area contributed by atoms with E-state index >= 15 is 0 Å². The van der Waals surface area contributed by atoms with Gasteiger partial charge < -0.3 is 10.1 Å². The zero-order valence-corrected chi connectivity index (χ0v) is 13.6. The van der Waals surface area contributed by atoms with Crippen molar-refractivity contribution in [3.8, 4) is 5.75 Å². The van der Waals surface area contributed by atoms with E-state index in [0.717, 1.165) is 5.56 Å². The molecule has 0 spiro atoms. The molecule has 5 nitrogen and oxygen atoms in total. The number of carbonyl (C=O) groups is 2. The molecule has 1 unspecified atom stereocenters. The second kappa shape index (κ2) is 7.27. The summed E-state index contributed by atoms with van der Waals surface area (Å²) in [5.74, 6) is 0.434. The van der Waals surface area contributed by atoms with E-state index in [1.165, 1.54) is 0 Å². The molecule has 124 valence electrons. The summed E-state index contributed by atoms with van der Waals surface area (Å²) >= 11 is 0. The molecule has 1 atom stereocenters. The van der Waals surface area contributed by atoms with Crippen LogP contribution in [0.3, 0.4) is 0 Å². The van der Waals surface area contributed by atoms with Crippen LogP contribution in [-0.4, -0.2) is 43.3 Å². The van der Waals surface area contributed by atoms with Gasteiger partial charge in [-0.25, -0.2) is 0 Å². The topological polar surface area (TPSA) is 58.6 Å². The Bertz CT molecular complexity index is 730. The van der Waals surface area contributed by atoms with Gasteiger partial charge >= 0.3 is 0 Å². The molecule has 0 saturated carbocycles. The molecule has 1 aliphatic rings. The molecule has 1 heterocycles. The van der Waals surface area contributed by atoms with Gasteiger partial charge in [-0.05, 0) is 17.7 Å². The number of ketones is 1. The van der Waals surface area contributed by atoms with Crippen LogP contribution in [0, 0.1) is 0 Å². The Balaban J connectivity index is 1.84. The van der Waals surface area contributed by atoms with Crippen LogP contribution in [0.2, 0.25) is 0 Å². The van der Waals surface area contributed by atoms with Crippen molar-refractivity contribution < 1.29 is 14.3 Å². The number of methoxy groups -OCH3 is 1. The lowest BCUT2D eigenvalue weighted by atomic mass is 10.0. The summed E-state index contributed by atoms with van der Waals surface area (Å²) in [6.07, 6.45) is 0. The third kappa shape index (κ3) is 3.31. The zero-order chi connectivity index (χ0) is 16.9. The molecule has 3 rings (SSSR count). The van der Waals surface area contributed by atoms with Crippen molar-refractivity contribution in [3.05, 3.63) is 65.7 Å². The number of nitrogens with one attached hydrogen (secondary N) is 1. The maximum absolute atomic E-state index is 12.7. The van der Waals surface area contributed by atoms with E-state index in [0.29, 0.717) is 24.4 Å². The fourth-order valence-corrected chi connectivity index (χ4v) is 3.03. The molecular formula is C19H20N2O3. The fraction of sp³-hybridized carbons (Fsp3) is 0.263. The van der Waals surface area contributed by atoms with Crippen LogP contribution in [0.5, 0.6) is 5.75 Å². The van der Waals surface area contributed by atoms with Crippen molar-refractivity contribution in [2.75, 3.05) is 26.7 Å². The van der Waals surface area contributed by atoms with Gasteiger partial charge in [-0.15, -0.1) is 0 Å². The standard InChI is InChI=1S/C19H20N2O3/c1-24-17-10-6-5-9-15(17)16(22)13-21-12-11-20-19(23)18(21)14-7-3-2-4-8-14/h2-10,18H,11-13H2,1H3,(H,20,23). The third-order valence-electron chi connectivity index (χ3n) is 4.18. The van der Waals surface area contributed by atoms with Crippen molar-refractivity contribution in [2.45, 2.75) is 6.04 Å². The van der Waals surface area contributed by atoms with E-state index in [1.54, 1.807) is 19.2 Å². The average Bonchev–Trinajstić information content (AvgIpc) is 2.62. The lowest BCUT2D eigenvalue weighted by molar-refractivity contribution is -0.128. The van der Waals surface area contributed by atoms with Gasteiger partial charge in [0.05, 0.1) is 19.2 Å². The van der Waals surface area contributed by atoms with E-state index in [-0.39, 0.29) is 18.2 Å². The molecule has 1 saturated heterocycles. The maximum Gasteiger partial charge on any atom is 0.242 e. The monoisotopic (exact) mass is 324 g/mol. The van der Waals surface area contributed by atoms with Crippen molar-refractivity contribution >= 4 is 11.7 Å². The first-order valence-electron chi connectivity index (χ1n) is 7.93. The maximum atomic E-state index is 12.7. The first kappa shape index (κ1) is 16.2. The summed E-state index contributed by atoms with van der Waals surface area (Å²) in [6.45, 7) is 1.35. The van der Waals surface area contributed by atoms with E-state index in [4.69, 9.17) is 4.74 Å². The molecule has 2 aromatic carbocycles. The van der Waals surface area contributed by atoms with Gasteiger partial charge in [0, 0.05) is 13.1 Å². The minimum atomic E-state index is -0.446. The number of hydrogen-bond donors (Lipinski definition) is 1. The molecule has 0 aromatic heterocycles. The molecule has 0 radical (unpaired) electrons. The van der Waals surface area contributed by atoms with Crippen molar-refractivity contribution in [3.63, 3.8) is 0 Å². The second-order valence-corrected chi connectivity index (χ2v) is 5.70. The normalized spacial score (nSPS) is 18.0. The van der Waals surface area contributed by atoms with Gasteiger partial charge in [0.15, 0.2) is 5.78 Å². The molecule has 1 N–H and O–H groups in total. The Morgan fingerprint density at radius 1 is 1.17 bits per heavy atom. The molecule has 2 aromatic rings. The summed E-state index contributed by atoms with van der Waals surface area (Å²) in [7, 11) is 1.55. The number of hydrogen-bond acceptors (Lipinski definition) is 4. The highest BCUT2D eigenvalue weighted by atomic mass is 16.5. The van der Waals surface area contributed by atoms with E-state index in [1.807, 2.05) is 47.4 Å². The summed E-state index contributed by atoms with van der Waals surface area (Å²) in [4.78, 5) is 27.0. The summed E-state index contributed by atoms with van der Waals surface area (Å²) in [5, 5.41) is 2.88. The largest absolute Gasteiger partial charge is 0.496 e. The molecule has 1 fully saturated rings. The fourth-order valence-electron chi connectivity index (χ4n) is 3.03. The molecule has 5 heteroatoms. The molecular weight excluding hydrogens is 304 g/mol. The van der Waals surface area contributed by atoms with Crippen LogP contribution >= 0.6 is 0 Å². The minimum absolute atomic E-state index is 0.0527. The predicted octanol–water partition coefficient (Wildman–Crippen LogP) is 2.05. The minimum Gasteiger partial charge on any atom is -0.496 e. The van der Waals surface area contributed by atoms with Crippen LogP contribution in [0.25, 0.3) is 0 Å². The van der Waals surface area contributed by atoms with Crippen LogP contribution in [-0.2, 0) is 4.79 Å². The summed E-state index contributed by atoms with van der Waals surface area (Å²) in [5.41, 5.74) is 1.43. The second-order valence-electron chi connectivity index (χ2n) is 5.70. The number of nitrogens with zero attached hydrogens (tertiary/aromatic N) is 1. The highest BCUT2D eigenvalue weighted by Crippen LogP contribution is 2.25. The molecule has 1 aliphatic heterocycles. The number of para-hydroxylation sites is 1. The third-order valence-corrected chi connectivity index (χ3v) is 4.18. The first-order chi connectivity index (χ1) is 11.7. The Kier molecular flexibility index (Phi) is 4.91. The quantitative estimate of drug-likeness (QED) is 0.855. The zero-order valence-electron chi connectivity index (χ0n) is 13.6. The Hall–Kier alpha value is -2.66. The van der Waals surface area contributed by atoms with Crippen LogP contribution in [0.15, 0.2) is 54.6 Å². The van der Waals surface area contributed by atoms with Gasteiger partial charge in [0.25, 0.3) is 0 Å². The van der Waals surface area contributed by atoms with Crippen molar-refractivity contribution in [2.24, 2.45) is 0 Å². The van der Waals surface area contributed by atoms with E-state index in [2.05, 4.69) is 5.32 Å². The van der Waals surface area contributed by atoms with Gasteiger partial charge in [0.1, 0.15) is 11.8 Å². The number of amides is 1. The summed E-state index contributed by atoms with van der Waals surface area (Å²) in [6, 6.07) is 16.3. The average molecular weight is 324 g/mol. The summed E-state index contributed by atoms with van der Waals surface area (Å²) < 4.78 is 5.27. The van der Waals surface area contributed by atoms with Gasteiger partial charge in [-0.2, -0.15) is 0 Å². The molecule has 0 bridgehead atoms. The lowest BCUT2D eigenvalue weighted by Crippen LogP contribution is -2.51. The highest BCUT2D eigenvalue weighted by molar-refractivity contribution is 6.00. The Labute approximate surface area is 141 Å². The van der Waals surface area contributed by atoms with Crippen LogP contribution < -0.4 is 10.1 Å². The smallest absolute Gasteiger partial charge is 0.242 e.